The molecule has 0 bridgehead atoms. The molecular weight excluding hydrogens is 329 g/mol. The summed E-state index contributed by atoms with van der Waals surface area (Å²) in [6.45, 7) is -0.0625. The molecule has 0 spiro atoms. The minimum absolute atomic E-state index is 0.136. The lowest BCUT2D eigenvalue weighted by Crippen LogP contribution is -2.31. The molecule has 1 aromatic heterocycles. The van der Waals surface area contributed by atoms with Crippen LogP contribution in [-0.4, -0.2) is 24.2 Å². The highest BCUT2D eigenvalue weighted by Crippen LogP contribution is 2.26. The smallest absolute Gasteiger partial charge is 0.224 e. The zero-order chi connectivity index (χ0) is 15.9. The average molecular weight is 344 g/mol. The van der Waals surface area contributed by atoms with Gasteiger partial charge in [0.2, 0.25) is 5.91 Å². The number of nitrogens with one attached hydrogen (secondary N) is 1. The van der Waals surface area contributed by atoms with Gasteiger partial charge in [0.25, 0.3) is 0 Å². The molecule has 1 amide bonds. The number of furan rings is 1. The number of rotatable bonds is 7. The summed E-state index contributed by atoms with van der Waals surface area (Å²) in [4.78, 5) is 11.8. The van der Waals surface area contributed by atoms with E-state index in [1.165, 1.54) is 6.26 Å². The van der Waals surface area contributed by atoms with Crippen LogP contribution in [0.25, 0.3) is 0 Å². The maximum Gasteiger partial charge on any atom is 0.224 e. The zero-order valence-corrected chi connectivity index (χ0v) is 13.1. The number of halogens is 2. The van der Waals surface area contributed by atoms with E-state index in [-0.39, 0.29) is 25.5 Å². The van der Waals surface area contributed by atoms with Gasteiger partial charge in [0.05, 0.1) is 35.9 Å². The zero-order valence-electron chi connectivity index (χ0n) is 11.6. The molecule has 2 N–H and O–H groups in total. The molecule has 0 aliphatic heterocycles. The summed E-state index contributed by atoms with van der Waals surface area (Å²) in [5.74, 6) is 0.781. The number of hydrogen-bond acceptors (Lipinski definition) is 4. The van der Waals surface area contributed by atoms with Crippen molar-refractivity contribution < 1.29 is 19.1 Å². The quantitative estimate of drug-likeness (QED) is 0.809. The maximum atomic E-state index is 11.8. The van der Waals surface area contributed by atoms with Crippen molar-refractivity contribution in [3.8, 4) is 5.75 Å². The van der Waals surface area contributed by atoms with E-state index in [4.69, 9.17) is 32.4 Å². The highest BCUT2D eigenvalue weighted by Gasteiger charge is 2.15. The minimum atomic E-state index is -0.563. The van der Waals surface area contributed by atoms with Crippen LogP contribution < -0.4 is 10.1 Å². The molecule has 0 saturated heterocycles. The fraction of sp³-hybridized carbons (Fsp3) is 0.267. The van der Waals surface area contributed by atoms with Gasteiger partial charge in [-0.15, -0.1) is 0 Å². The fourth-order valence-electron chi connectivity index (χ4n) is 1.79. The van der Waals surface area contributed by atoms with Crippen molar-refractivity contribution in [2.24, 2.45) is 0 Å². The Labute approximate surface area is 137 Å². The van der Waals surface area contributed by atoms with Crippen LogP contribution in [0.3, 0.4) is 0 Å². The van der Waals surface area contributed by atoms with E-state index in [9.17, 15) is 9.90 Å². The Hall–Kier alpha value is -1.69. The summed E-state index contributed by atoms with van der Waals surface area (Å²) in [5.41, 5.74) is 0. The fourth-order valence-corrected chi connectivity index (χ4v) is 2.08. The summed E-state index contributed by atoms with van der Waals surface area (Å²) in [5, 5.41) is 12.8. The molecule has 0 fully saturated rings. The minimum Gasteiger partial charge on any atom is -0.493 e. The second-order valence-corrected chi connectivity index (χ2v) is 5.31. The second-order valence-electron chi connectivity index (χ2n) is 4.49. The lowest BCUT2D eigenvalue weighted by molar-refractivity contribution is -0.122. The Bertz CT molecular complexity index is 616. The first kappa shape index (κ1) is 16.7. The molecule has 0 aliphatic carbocycles. The van der Waals surface area contributed by atoms with E-state index in [1.807, 2.05) is 0 Å². The Morgan fingerprint density at radius 1 is 1.32 bits per heavy atom. The van der Waals surface area contributed by atoms with Crippen LogP contribution in [0.5, 0.6) is 5.75 Å². The van der Waals surface area contributed by atoms with Crippen LogP contribution in [0.1, 0.15) is 18.2 Å². The van der Waals surface area contributed by atoms with Gasteiger partial charge in [-0.3, -0.25) is 4.79 Å². The lowest BCUT2D eigenvalue weighted by atomic mass is 10.2. The van der Waals surface area contributed by atoms with Crippen LogP contribution in [-0.2, 0) is 4.79 Å². The summed E-state index contributed by atoms with van der Waals surface area (Å²) in [7, 11) is 0. The third kappa shape index (κ3) is 4.66. The number of carbonyl (C=O) groups excluding carboxylic acids is 1. The van der Waals surface area contributed by atoms with Crippen molar-refractivity contribution in [2.75, 3.05) is 13.2 Å². The van der Waals surface area contributed by atoms with Gasteiger partial charge in [0, 0.05) is 6.07 Å². The van der Waals surface area contributed by atoms with Gasteiger partial charge in [0.15, 0.2) is 0 Å². The Morgan fingerprint density at radius 2 is 2.14 bits per heavy atom. The number of ether oxygens (including phenoxy) is 1. The summed E-state index contributed by atoms with van der Waals surface area (Å²) >= 11 is 11.7. The molecule has 5 nitrogen and oxygen atoms in total. The predicted molar refractivity (Wildman–Crippen MR) is 83.3 cm³/mol. The largest absolute Gasteiger partial charge is 0.493 e. The van der Waals surface area contributed by atoms with Crippen molar-refractivity contribution in [3.63, 3.8) is 0 Å². The van der Waals surface area contributed by atoms with E-state index in [0.717, 1.165) is 0 Å². The molecule has 0 saturated carbocycles. The normalized spacial score (nSPS) is 12.0. The molecular formula is C15H15Cl2NO4. The molecule has 118 valence electrons. The van der Waals surface area contributed by atoms with Crippen LogP contribution in [0, 0.1) is 0 Å². The molecule has 0 aliphatic rings. The van der Waals surface area contributed by atoms with Gasteiger partial charge in [-0.1, -0.05) is 23.2 Å². The number of hydrogen-bond donors (Lipinski definition) is 2. The lowest BCUT2D eigenvalue weighted by Gasteiger charge is -2.14. The Balaban J connectivity index is 1.78. The molecule has 1 unspecified atom stereocenters. The molecule has 22 heavy (non-hydrogen) atoms. The van der Waals surface area contributed by atoms with Crippen LogP contribution in [0.2, 0.25) is 10.0 Å². The van der Waals surface area contributed by atoms with Crippen molar-refractivity contribution in [1.29, 1.82) is 0 Å². The van der Waals surface area contributed by atoms with E-state index < -0.39 is 6.04 Å². The first-order valence-corrected chi connectivity index (χ1v) is 7.37. The van der Waals surface area contributed by atoms with Gasteiger partial charge in [0.1, 0.15) is 17.6 Å². The SMILES string of the molecule is O=C(CCOc1ccc(Cl)c(Cl)c1)NC(CO)c1ccco1. The number of aliphatic hydroxyl groups is 1. The molecule has 1 aromatic carbocycles. The Morgan fingerprint density at radius 3 is 2.77 bits per heavy atom. The van der Waals surface area contributed by atoms with Crippen LogP contribution in [0.4, 0.5) is 0 Å². The molecule has 2 rings (SSSR count). The first-order chi connectivity index (χ1) is 10.6. The van der Waals surface area contributed by atoms with E-state index >= 15 is 0 Å². The maximum absolute atomic E-state index is 11.8. The second kappa shape index (κ2) is 8.08. The average Bonchev–Trinajstić information content (AvgIpc) is 3.02. The van der Waals surface area contributed by atoms with Crippen molar-refractivity contribution in [1.82, 2.24) is 5.32 Å². The standard InChI is InChI=1S/C15H15Cl2NO4/c16-11-4-3-10(8-12(11)17)21-7-5-15(20)18-13(9-19)14-2-1-6-22-14/h1-4,6,8,13,19H,5,7,9H2,(H,18,20). The number of carbonyl (C=O) groups is 1. The third-order valence-corrected chi connectivity index (χ3v) is 3.63. The molecule has 7 heteroatoms. The summed E-state index contributed by atoms with van der Waals surface area (Å²) in [6.07, 6.45) is 1.62. The number of amides is 1. The van der Waals surface area contributed by atoms with E-state index in [0.29, 0.717) is 21.6 Å². The van der Waals surface area contributed by atoms with Gasteiger partial charge in [-0.05, 0) is 24.3 Å². The predicted octanol–water partition coefficient (Wildman–Crippen LogP) is 3.21. The summed E-state index contributed by atoms with van der Waals surface area (Å²) in [6, 6.07) is 7.70. The molecule has 1 atom stereocenters. The van der Waals surface area contributed by atoms with Gasteiger partial charge in [-0.2, -0.15) is 0 Å². The Kier molecular flexibility index (Phi) is 6.12. The number of aliphatic hydroxyl groups excluding tert-OH is 1. The highest BCUT2D eigenvalue weighted by atomic mass is 35.5. The topological polar surface area (TPSA) is 71.7 Å². The van der Waals surface area contributed by atoms with Crippen molar-refractivity contribution in [3.05, 3.63) is 52.4 Å². The molecule has 0 radical (unpaired) electrons. The van der Waals surface area contributed by atoms with Gasteiger partial charge < -0.3 is 19.6 Å². The monoisotopic (exact) mass is 343 g/mol. The van der Waals surface area contributed by atoms with Crippen molar-refractivity contribution in [2.45, 2.75) is 12.5 Å². The van der Waals surface area contributed by atoms with E-state index in [2.05, 4.69) is 5.32 Å². The van der Waals surface area contributed by atoms with Crippen LogP contribution >= 0.6 is 23.2 Å². The first-order valence-electron chi connectivity index (χ1n) is 6.61. The summed E-state index contributed by atoms with van der Waals surface area (Å²) < 4.78 is 10.6. The third-order valence-electron chi connectivity index (χ3n) is 2.89. The van der Waals surface area contributed by atoms with Crippen molar-refractivity contribution >= 4 is 29.1 Å². The van der Waals surface area contributed by atoms with Crippen LogP contribution in [0.15, 0.2) is 41.0 Å². The number of benzene rings is 1. The molecule has 1 heterocycles. The molecule has 2 aromatic rings. The highest BCUT2D eigenvalue weighted by molar-refractivity contribution is 6.42. The van der Waals surface area contributed by atoms with E-state index in [1.54, 1.807) is 30.3 Å². The van der Waals surface area contributed by atoms with Gasteiger partial charge >= 0.3 is 0 Å². The van der Waals surface area contributed by atoms with Gasteiger partial charge in [-0.25, -0.2) is 0 Å².